The summed E-state index contributed by atoms with van der Waals surface area (Å²) in [4.78, 5) is 2.70. The molecule has 0 radical (unpaired) electrons. The van der Waals surface area contributed by atoms with Gasteiger partial charge < -0.3 is 5.73 Å². The van der Waals surface area contributed by atoms with E-state index in [9.17, 15) is 0 Å². The third kappa shape index (κ3) is 2.40. The van der Waals surface area contributed by atoms with Crippen molar-refractivity contribution in [3.63, 3.8) is 0 Å². The Hall–Kier alpha value is -0.860. The number of hydrogen-bond donors (Lipinski definition) is 1. The minimum absolute atomic E-state index is 0.200. The fourth-order valence-electron chi connectivity index (χ4n) is 4.21. The van der Waals surface area contributed by atoms with E-state index in [0.717, 1.165) is 31.2 Å². The minimum Gasteiger partial charge on any atom is -0.329 e. The molecule has 0 saturated carbocycles. The highest BCUT2D eigenvalue weighted by molar-refractivity contribution is 5.36. The second kappa shape index (κ2) is 5.50. The zero-order valence-corrected chi connectivity index (χ0v) is 12.9. The molecular formula is C18H28N2. The zero-order chi connectivity index (χ0) is 14.2. The predicted molar refractivity (Wildman–Crippen MR) is 84.8 cm³/mol. The lowest BCUT2D eigenvalue weighted by Crippen LogP contribution is -2.57. The second-order valence-electron chi connectivity index (χ2n) is 7.12. The molecule has 2 heteroatoms. The van der Waals surface area contributed by atoms with E-state index in [1.807, 2.05) is 0 Å². The van der Waals surface area contributed by atoms with Crippen LogP contribution in [0.15, 0.2) is 24.3 Å². The summed E-state index contributed by atoms with van der Waals surface area (Å²) in [6.07, 6.45) is 4.98. The van der Waals surface area contributed by atoms with E-state index in [2.05, 4.69) is 43.0 Å². The molecule has 0 aromatic heterocycles. The van der Waals surface area contributed by atoms with Crippen molar-refractivity contribution in [2.24, 2.45) is 17.6 Å². The molecule has 1 aliphatic heterocycles. The number of hydrogen-bond acceptors (Lipinski definition) is 2. The summed E-state index contributed by atoms with van der Waals surface area (Å²) in [5.74, 6) is 1.73. The van der Waals surface area contributed by atoms with Crippen LogP contribution >= 0.6 is 0 Å². The van der Waals surface area contributed by atoms with Crippen LogP contribution in [0.2, 0.25) is 0 Å². The Balaban J connectivity index is 1.73. The molecule has 1 saturated heterocycles. The SMILES string of the molecule is CC(C)C1CCN(C2(CN)Cc3ccccc3C2)CC1. The number of likely N-dealkylation sites (tertiary alicyclic amines) is 1. The summed E-state index contributed by atoms with van der Waals surface area (Å²) in [5, 5.41) is 0. The maximum absolute atomic E-state index is 6.23. The van der Waals surface area contributed by atoms with Crippen LogP contribution in [-0.2, 0) is 12.8 Å². The highest BCUT2D eigenvalue weighted by atomic mass is 15.2. The maximum Gasteiger partial charge on any atom is 0.0412 e. The third-order valence-corrected chi connectivity index (χ3v) is 5.69. The van der Waals surface area contributed by atoms with Gasteiger partial charge in [0.25, 0.3) is 0 Å². The summed E-state index contributed by atoms with van der Waals surface area (Å²) >= 11 is 0. The zero-order valence-electron chi connectivity index (χ0n) is 12.9. The molecule has 0 bridgehead atoms. The lowest BCUT2D eigenvalue weighted by Gasteiger charge is -2.45. The summed E-state index contributed by atoms with van der Waals surface area (Å²) in [5.41, 5.74) is 9.47. The highest BCUT2D eigenvalue weighted by Crippen LogP contribution is 2.37. The number of piperidine rings is 1. The Morgan fingerprint density at radius 2 is 1.70 bits per heavy atom. The fraction of sp³-hybridized carbons (Fsp3) is 0.667. The molecule has 1 aromatic rings. The van der Waals surface area contributed by atoms with E-state index in [1.165, 1.54) is 37.1 Å². The predicted octanol–water partition coefficient (Wildman–Crippen LogP) is 2.85. The monoisotopic (exact) mass is 272 g/mol. The van der Waals surface area contributed by atoms with Gasteiger partial charge in [0, 0.05) is 12.1 Å². The molecule has 1 heterocycles. The first-order chi connectivity index (χ1) is 9.64. The van der Waals surface area contributed by atoms with Gasteiger partial charge in [-0.25, -0.2) is 0 Å². The van der Waals surface area contributed by atoms with Crippen LogP contribution in [0.3, 0.4) is 0 Å². The molecule has 3 rings (SSSR count). The van der Waals surface area contributed by atoms with Gasteiger partial charge >= 0.3 is 0 Å². The number of rotatable bonds is 3. The summed E-state index contributed by atoms with van der Waals surface area (Å²) in [6.45, 7) is 7.98. The van der Waals surface area contributed by atoms with Gasteiger partial charge in [0.15, 0.2) is 0 Å². The van der Waals surface area contributed by atoms with Crippen LogP contribution < -0.4 is 5.73 Å². The van der Waals surface area contributed by atoms with Crippen molar-refractivity contribution in [2.75, 3.05) is 19.6 Å². The molecular weight excluding hydrogens is 244 g/mol. The van der Waals surface area contributed by atoms with Gasteiger partial charge in [-0.2, -0.15) is 0 Å². The molecule has 0 unspecified atom stereocenters. The number of nitrogens with zero attached hydrogens (tertiary/aromatic N) is 1. The Bertz CT molecular complexity index is 433. The Kier molecular flexibility index (Phi) is 3.87. The third-order valence-electron chi connectivity index (χ3n) is 5.69. The molecule has 1 aromatic carbocycles. The Labute approximate surface area is 123 Å². The summed E-state index contributed by atoms with van der Waals surface area (Å²) in [6, 6.07) is 8.90. The lowest BCUT2D eigenvalue weighted by molar-refractivity contribution is 0.0519. The number of nitrogens with two attached hydrogens (primary N) is 1. The Morgan fingerprint density at radius 1 is 1.15 bits per heavy atom. The van der Waals surface area contributed by atoms with Gasteiger partial charge in [-0.1, -0.05) is 38.1 Å². The van der Waals surface area contributed by atoms with Gasteiger partial charge in [-0.15, -0.1) is 0 Å². The van der Waals surface area contributed by atoms with Gasteiger partial charge in [-0.05, 0) is 61.7 Å². The lowest BCUT2D eigenvalue weighted by atomic mass is 9.83. The van der Waals surface area contributed by atoms with Crippen LogP contribution in [0.1, 0.15) is 37.8 Å². The van der Waals surface area contributed by atoms with Crippen LogP contribution in [0.25, 0.3) is 0 Å². The van der Waals surface area contributed by atoms with Gasteiger partial charge in [0.05, 0.1) is 0 Å². The van der Waals surface area contributed by atoms with Crippen molar-refractivity contribution >= 4 is 0 Å². The minimum atomic E-state index is 0.200. The van der Waals surface area contributed by atoms with Gasteiger partial charge in [0.2, 0.25) is 0 Å². The average molecular weight is 272 g/mol. The van der Waals surface area contributed by atoms with Crippen molar-refractivity contribution in [1.82, 2.24) is 4.90 Å². The molecule has 0 spiro atoms. The molecule has 1 aliphatic carbocycles. The average Bonchev–Trinajstić information content (AvgIpc) is 2.87. The van der Waals surface area contributed by atoms with Crippen LogP contribution in [0.5, 0.6) is 0 Å². The van der Waals surface area contributed by atoms with Crippen molar-refractivity contribution in [3.05, 3.63) is 35.4 Å². The van der Waals surface area contributed by atoms with E-state index in [0.29, 0.717) is 0 Å². The summed E-state index contributed by atoms with van der Waals surface area (Å²) in [7, 11) is 0. The molecule has 2 nitrogen and oxygen atoms in total. The molecule has 0 amide bonds. The van der Waals surface area contributed by atoms with Crippen LogP contribution in [0, 0.1) is 11.8 Å². The smallest absolute Gasteiger partial charge is 0.0412 e. The first kappa shape index (κ1) is 14.1. The molecule has 2 N–H and O–H groups in total. The summed E-state index contributed by atoms with van der Waals surface area (Å²) < 4.78 is 0. The van der Waals surface area contributed by atoms with Crippen molar-refractivity contribution < 1.29 is 0 Å². The van der Waals surface area contributed by atoms with Gasteiger partial charge in [-0.3, -0.25) is 4.90 Å². The first-order valence-corrected chi connectivity index (χ1v) is 8.16. The van der Waals surface area contributed by atoms with E-state index in [4.69, 9.17) is 5.73 Å². The highest BCUT2D eigenvalue weighted by Gasteiger charge is 2.42. The topological polar surface area (TPSA) is 29.3 Å². The van der Waals surface area contributed by atoms with Crippen LogP contribution in [0.4, 0.5) is 0 Å². The first-order valence-electron chi connectivity index (χ1n) is 8.16. The van der Waals surface area contributed by atoms with E-state index in [1.54, 1.807) is 0 Å². The maximum atomic E-state index is 6.23. The molecule has 1 fully saturated rings. The standard InChI is InChI=1S/C18H28N2/c1-14(2)15-7-9-20(10-8-15)18(13-19)11-16-5-3-4-6-17(16)12-18/h3-6,14-15H,7-13,19H2,1-2H3. The largest absolute Gasteiger partial charge is 0.329 e. The van der Waals surface area contributed by atoms with Crippen molar-refractivity contribution in [2.45, 2.75) is 45.1 Å². The Morgan fingerprint density at radius 3 is 2.15 bits per heavy atom. The number of benzene rings is 1. The molecule has 20 heavy (non-hydrogen) atoms. The van der Waals surface area contributed by atoms with E-state index in [-0.39, 0.29) is 5.54 Å². The quantitative estimate of drug-likeness (QED) is 0.917. The van der Waals surface area contributed by atoms with Crippen LogP contribution in [-0.4, -0.2) is 30.1 Å². The van der Waals surface area contributed by atoms with E-state index < -0.39 is 0 Å². The number of fused-ring (bicyclic) bond motifs is 1. The molecule has 2 aliphatic rings. The van der Waals surface area contributed by atoms with Crippen molar-refractivity contribution in [3.8, 4) is 0 Å². The fourth-order valence-corrected chi connectivity index (χ4v) is 4.21. The van der Waals surface area contributed by atoms with E-state index >= 15 is 0 Å². The van der Waals surface area contributed by atoms with Gasteiger partial charge in [0.1, 0.15) is 0 Å². The molecule has 0 atom stereocenters. The van der Waals surface area contributed by atoms with Crippen molar-refractivity contribution in [1.29, 1.82) is 0 Å². The molecule has 110 valence electrons. The second-order valence-corrected chi connectivity index (χ2v) is 7.12. The normalized spacial score (nSPS) is 23.2.